The van der Waals surface area contributed by atoms with Crippen LogP contribution in [-0.4, -0.2) is 29.8 Å². The van der Waals surface area contributed by atoms with Crippen molar-refractivity contribution in [3.8, 4) is 0 Å². The molecule has 2 heterocycles. The molecule has 2 aromatic heterocycles. The fraction of sp³-hybridized carbons (Fsp3) is 0.200. The van der Waals surface area contributed by atoms with Crippen LogP contribution in [0.4, 0.5) is 0 Å². The van der Waals surface area contributed by atoms with Gasteiger partial charge in [0, 0.05) is 20.0 Å². The first-order chi connectivity index (χ1) is 12.6. The standard InChI is InChI=1S/C20H20N2O3S/c1-22(13-16-9-11-26-14-16)20(24)17(12-15-6-3-2-4-7-15)21-19(23)18-8-5-10-25-18/h2-11,14,17H,12-13H2,1H3,(H,21,23). The lowest BCUT2D eigenvalue weighted by molar-refractivity contribution is -0.132. The van der Waals surface area contributed by atoms with Crippen LogP contribution in [0.25, 0.3) is 0 Å². The van der Waals surface area contributed by atoms with Crippen LogP contribution in [0.2, 0.25) is 0 Å². The van der Waals surface area contributed by atoms with Crippen LogP contribution in [0, 0.1) is 0 Å². The van der Waals surface area contributed by atoms with Gasteiger partial charge in [0.25, 0.3) is 5.91 Å². The molecule has 0 aliphatic heterocycles. The van der Waals surface area contributed by atoms with E-state index in [0.29, 0.717) is 13.0 Å². The maximum atomic E-state index is 13.0. The zero-order chi connectivity index (χ0) is 18.4. The quantitative estimate of drug-likeness (QED) is 0.696. The maximum absolute atomic E-state index is 13.0. The molecule has 0 radical (unpaired) electrons. The topological polar surface area (TPSA) is 62.6 Å². The smallest absolute Gasteiger partial charge is 0.287 e. The molecule has 5 nitrogen and oxygen atoms in total. The molecule has 0 saturated carbocycles. The van der Waals surface area contributed by atoms with Crippen LogP contribution in [0.15, 0.2) is 70.0 Å². The van der Waals surface area contributed by atoms with Crippen LogP contribution in [0.1, 0.15) is 21.7 Å². The van der Waals surface area contributed by atoms with Gasteiger partial charge in [-0.3, -0.25) is 9.59 Å². The summed E-state index contributed by atoms with van der Waals surface area (Å²) in [7, 11) is 1.75. The lowest BCUT2D eigenvalue weighted by Crippen LogP contribution is -2.48. The summed E-state index contributed by atoms with van der Waals surface area (Å²) in [6.07, 6.45) is 1.85. The normalized spacial score (nSPS) is 11.7. The Bertz CT molecular complexity index is 829. The summed E-state index contributed by atoms with van der Waals surface area (Å²) in [5, 5.41) is 6.80. The molecule has 1 atom stereocenters. The first-order valence-corrected chi connectivity index (χ1v) is 9.22. The molecule has 1 aromatic carbocycles. The average molecular weight is 368 g/mol. The lowest BCUT2D eigenvalue weighted by atomic mass is 10.0. The van der Waals surface area contributed by atoms with Gasteiger partial charge in [-0.15, -0.1) is 0 Å². The summed E-state index contributed by atoms with van der Waals surface area (Å²) in [4.78, 5) is 27.0. The number of thiophene rings is 1. The predicted molar refractivity (Wildman–Crippen MR) is 101 cm³/mol. The molecule has 0 aliphatic carbocycles. The molecule has 2 amide bonds. The van der Waals surface area contributed by atoms with E-state index in [-0.39, 0.29) is 11.7 Å². The van der Waals surface area contributed by atoms with Gasteiger partial charge in [0.1, 0.15) is 6.04 Å². The highest BCUT2D eigenvalue weighted by atomic mass is 32.1. The van der Waals surface area contributed by atoms with Gasteiger partial charge in [0.15, 0.2) is 5.76 Å². The molecular formula is C20H20N2O3S. The van der Waals surface area contributed by atoms with Crippen molar-refractivity contribution in [1.82, 2.24) is 10.2 Å². The lowest BCUT2D eigenvalue weighted by Gasteiger charge is -2.24. The summed E-state index contributed by atoms with van der Waals surface area (Å²) in [5.41, 5.74) is 2.05. The van der Waals surface area contributed by atoms with Crippen LogP contribution in [0.5, 0.6) is 0 Å². The molecule has 1 N–H and O–H groups in total. The van der Waals surface area contributed by atoms with Crippen molar-refractivity contribution in [2.75, 3.05) is 7.05 Å². The third-order valence-electron chi connectivity index (χ3n) is 4.01. The maximum Gasteiger partial charge on any atom is 0.287 e. The Morgan fingerprint density at radius 2 is 1.92 bits per heavy atom. The SMILES string of the molecule is CN(Cc1ccsc1)C(=O)C(Cc1ccccc1)NC(=O)c1ccco1. The minimum Gasteiger partial charge on any atom is -0.459 e. The zero-order valence-corrected chi connectivity index (χ0v) is 15.2. The van der Waals surface area contributed by atoms with E-state index in [2.05, 4.69) is 5.32 Å². The molecule has 26 heavy (non-hydrogen) atoms. The fourth-order valence-electron chi connectivity index (χ4n) is 2.69. The summed E-state index contributed by atoms with van der Waals surface area (Å²) >= 11 is 1.59. The molecule has 0 bridgehead atoms. The number of benzene rings is 1. The third kappa shape index (κ3) is 4.61. The summed E-state index contributed by atoms with van der Waals surface area (Å²) in [6, 6.07) is 14.2. The summed E-state index contributed by atoms with van der Waals surface area (Å²) in [5.74, 6) is -0.343. The molecule has 0 aliphatic rings. The number of hydrogen-bond donors (Lipinski definition) is 1. The number of hydrogen-bond acceptors (Lipinski definition) is 4. The number of carbonyl (C=O) groups is 2. The number of furan rings is 1. The highest BCUT2D eigenvalue weighted by molar-refractivity contribution is 7.07. The van der Waals surface area contributed by atoms with E-state index < -0.39 is 11.9 Å². The van der Waals surface area contributed by atoms with Crippen molar-refractivity contribution < 1.29 is 14.0 Å². The first kappa shape index (κ1) is 17.9. The van der Waals surface area contributed by atoms with E-state index >= 15 is 0 Å². The van der Waals surface area contributed by atoms with E-state index in [1.54, 1.807) is 35.4 Å². The van der Waals surface area contributed by atoms with Crippen molar-refractivity contribution in [3.05, 3.63) is 82.4 Å². The number of carbonyl (C=O) groups excluding carboxylic acids is 2. The van der Waals surface area contributed by atoms with Crippen LogP contribution >= 0.6 is 11.3 Å². The Hall–Kier alpha value is -2.86. The Morgan fingerprint density at radius 1 is 1.12 bits per heavy atom. The molecule has 1 unspecified atom stereocenters. The number of nitrogens with one attached hydrogen (secondary N) is 1. The van der Waals surface area contributed by atoms with Crippen molar-refractivity contribution in [2.45, 2.75) is 19.0 Å². The molecule has 0 saturated heterocycles. The zero-order valence-electron chi connectivity index (χ0n) is 14.4. The van der Waals surface area contributed by atoms with Crippen LogP contribution in [0.3, 0.4) is 0 Å². The van der Waals surface area contributed by atoms with E-state index in [9.17, 15) is 9.59 Å². The Labute approximate surface area is 156 Å². The first-order valence-electron chi connectivity index (χ1n) is 8.28. The minimum atomic E-state index is -0.668. The summed E-state index contributed by atoms with van der Waals surface area (Å²) < 4.78 is 5.14. The second-order valence-corrected chi connectivity index (χ2v) is 6.80. The van der Waals surface area contributed by atoms with Gasteiger partial charge in [-0.25, -0.2) is 0 Å². The van der Waals surface area contributed by atoms with Crippen molar-refractivity contribution in [1.29, 1.82) is 0 Å². The van der Waals surface area contributed by atoms with Gasteiger partial charge < -0.3 is 14.6 Å². The Kier molecular flexibility index (Phi) is 5.86. The Morgan fingerprint density at radius 3 is 2.58 bits per heavy atom. The van der Waals surface area contributed by atoms with E-state index in [0.717, 1.165) is 11.1 Å². The number of likely N-dealkylation sites (N-methyl/N-ethyl adjacent to an activating group) is 1. The summed E-state index contributed by atoms with van der Waals surface area (Å²) in [6.45, 7) is 0.504. The monoisotopic (exact) mass is 368 g/mol. The fourth-order valence-corrected chi connectivity index (χ4v) is 3.35. The second-order valence-electron chi connectivity index (χ2n) is 6.02. The molecular weight excluding hydrogens is 348 g/mol. The largest absolute Gasteiger partial charge is 0.459 e. The van der Waals surface area contributed by atoms with E-state index in [4.69, 9.17) is 4.42 Å². The third-order valence-corrected chi connectivity index (χ3v) is 4.74. The van der Waals surface area contributed by atoms with Gasteiger partial charge in [0.05, 0.1) is 6.26 Å². The van der Waals surface area contributed by atoms with E-state index in [1.807, 2.05) is 47.2 Å². The molecule has 3 rings (SSSR count). The average Bonchev–Trinajstić information content (AvgIpc) is 3.35. The van der Waals surface area contributed by atoms with Crippen molar-refractivity contribution in [3.63, 3.8) is 0 Å². The van der Waals surface area contributed by atoms with Gasteiger partial charge in [-0.2, -0.15) is 11.3 Å². The van der Waals surface area contributed by atoms with Crippen molar-refractivity contribution in [2.24, 2.45) is 0 Å². The number of nitrogens with zero attached hydrogens (tertiary/aromatic N) is 1. The highest BCUT2D eigenvalue weighted by Gasteiger charge is 2.25. The van der Waals surface area contributed by atoms with Gasteiger partial charge in [-0.1, -0.05) is 30.3 Å². The van der Waals surface area contributed by atoms with Crippen LogP contribution < -0.4 is 5.32 Å². The van der Waals surface area contributed by atoms with Gasteiger partial charge >= 0.3 is 0 Å². The molecule has 6 heteroatoms. The highest BCUT2D eigenvalue weighted by Crippen LogP contribution is 2.12. The van der Waals surface area contributed by atoms with E-state index in [1.165, 1.54) is 6.26 Å². The molecule has 134 valence electrons. The van der Waals surface area contributed by atoms with Gasteiger partial charge in [0.2, 0.25) is 5.91 Å². The van der Waals surface area contributed by atoms with Gasteiger partial charge in [-0.05, 0) is 40.1 Å². The number of rotatable bonds is 7. The molecule has 3 aromatic rings. The predicted octanol–water partition coefficient (Wildman–Crippen LogP) is 3.34. The minimum absolute atomic E-state index is 0.139. The Balaban J connectivity index is 1.74. The molecule has 0 fully saturated rings. The number of amides is 2. The van der Waals surface area contributed by atoms with Crippen molar-refractivity contribution >= 4 is 23.2 Å². The van der Waals surface area contributed by atoms with Crippen LogP contribution in [-0.2, 0) is 17.8 Å². The second kappa shape index (κ2) is 8.49. The molecule has 0 spiro atoms.